The number of hydrogen-bond acceptors (Lipinski definition) is 7. The van der Waals surface area contributed by atoms with Gasteiger partial charge in [-0.05, 0) is 6.92 Å². The number of primary amides is 1. The number of aromatic nitrogens is 3. The topological polar surface area (TPSA) is 154 Å². The van der Waals surface area contributed by atoms with Gasteiger partial charge in [-0.2, -0.15) is 4.98 Å². The number of primary sulfonamides is 1. The third-order valence-corrected chi connectivity index (χ3v) is 4.89. The molecule has 0 aliphatic heterocycles. The molecule has 1 aliphatic rings. The first-order chi connectivity index (χ1) is 10.2. The Morgan fingerprint density at radius 1 is 1.41 bits per heavy atom. The van der Waals surface area contributed by atoms with Gasteiger partial charge in [-0.15, -0.1) is 0 Å². The Bertz CT molecular complexity index is 773. The van der Waals surface area contributed by atoms with Crippen molar-refractivity contribution in [1.29, 1.82) is 0 Å². The van der Waals surface area contributed by atoms with E-state index in [2.05, 4.69) is 20.3 Å². The summed E-state index contributed by atoms with van der Waals surface area (Å²) in [7, 11) is -2.42. The molecule has 118 valence electrons. The fourth-order valence-electron chi connectivity index (χ4n) is 2.46. The molecule has 1 aliphatic carbocycles. The van der Waals surface area contributed by atoms with Crippen LogP contribution in [0, 0.1) is 0 Å². The molecule has 0 saturated carbocycles. The van der Waals surface area contributed by atoms with Crippen LogP contribution in [0.1, 0.15) is 12.7 Å². The van der Waals surface area contributed by atoms with Crippen molar-refractivity contribution in [3.8, 4) is 0 Å². The molecule has 0 aromatic carbocycles. The molecule has 0 fully saturated rings. The van der Waals surface area contributed by atoms with E-state index >= 15 is 0 Å². The number of carbonyl (C=O) groups excluding carboxylic acids is 1. The van der Waals surface area contributed by atoms with E-state index in [0.29, 0.717) is 0 Å². The molecular formula is C12H16N6O3S. The van der Waals surface area contributed by atoms with Gasteiger partial charge in [0.05, 0.1) is 5.41 Å². The highest BCUT2D eigenvalue weighted by atomic mass is 32.2. The SMILES string of the molecule is CNc1ncnc(C2(C)C(C(N)=O)=CC=CC2S(N)(=O)=O)n1. The summed E-state index contributed by atoms with van der Waals surface area (Å²) in [5.41, 5.74) is 4.04. The van der Waals surface area contributed by atoms with Crippen molar-refractivity contribution in [2.75, 3.05) is 12.4 Å². The van der Waals surface area contributed by atoms with E-state index < -0.39 is 26.6 Å². The third-order valence-electron chi connectivity index (χ3n) is 3.56. The molecule has 9 nitrogen and oxygen atoms in total. The minimum Gasteiger partial charge on any atom is -0.366 e. The van der Waals surface area contributed by atoms with Crippen LogP contribution in [0.4, 0.5) is 5.95 Å². The van der Waals surface area contributed by atoms with Crippen LogP contribution in [0.25, 0.3) is 0 Å². The number of hydrogen-bond donors (Lipinski definition) is 3. The first kappa shape index (κ1) is 16.0. The Morgan fingerprint density at radius 2 is 2.09 bits per heavy atom. The normalized spacial score (nSPS) is 24.7. The molecule has 2 rings (SSSR count). The lowest BCUT2D eigenvalue weighted by Crippen LogP contribution is -2.50. The maximum atomic E-state index is 12.0. The Labute approximate surface area is 127 Å². The summed E-state index contributed by atoms with van der Waals surface area (Å²) in [6.07, 6.45) is 5.46. The monoisotopic (exact) mass is 324 g/mol. The van der Waals surface area contributed by atoms with Crippen LogP contribution in [-0.4, -0.2) is 41.6 Å². The van der Waals surface area contributed by atoms with Crippen LogP contribution in [-0.2, 0) is 20.2 Å². The summed E-state index contributed by atoms with van der Waals surface area (Å²) in [6.45, 7) is 1.51. The van der Waals surface area contributed by atoms with Crippen molar-refractivity contribution in [2.45, 2.75) is 17.6 Å². The molecule has 0 radical (unpaired) electrons. The molecule has 1 heterocycles. The molecule has 0 spiro atoms. The quantitative estimate of drug-likeness (QED) is 0.629. The van der Waals surface area contributed by atoms with Crippen molar-refractivity contribution < 1.29 is 13.2 Å². The molecule has 0 saturated heterocycles. The number of rotatable bonds is 4. The van der Waals surface area contributed by atoms with E-state index in [9.17, 15) is 13.2 Å². The van der Waals surface area contributed by atoms with E-state index in [1.165, 1.54) is 31.5 Å². The Balaban J connectivity index is 2.73. The number of nitrogens with zero attached hydrogens (tertiary/aromatic N) is 3. The Morgan fingerprint density at radius 3 is 2.64 bits per heavy atom. The van der Waals surface area contributed by atoms with Crippen molar-refractivity contribution >= 4 is 21.9 Å². The van der Waals surface area contributed by atoms with E-state index in [1.54, 1.807) is 7.05 Å². The minimum absolute atomic E-state index is 0.0577. The van der Waals surface area contributed by atoms with Crippen LogP contribution in [0.15, 0.2) is 30.1 Å². The average Bonchev–Trinajstić information content (AvgIpc) is 2.46. The van der Waals surface area contributed by atoms with E-state index in [1.807, 2.05) is 0 Å². The summed E-state index contributed by atoms with van der Waals surface area (Å²) < 4.78 is 23.9. The van der Waals surface area contributed by atoms with Gasteiger partial charge in [0, 0.05) is 12.6 Å². The zero-order chi connectivity index (χ0) is 16.5. The maximum absolute atomic E-state index is 12.0. The van der Waals surface area contributed by atoms with Crippen LogP contribution < -0.4 is 16.2 Å². The maximum Gasteiger partial charge on any atom is 0.245 e. The van der Waals surface area contributed by atoms with Gasteiger partial charge in [-0.3, -0.25) is 4.79 Å². The lowest BCUT2D eigenvalue weighted by atomic mass is 9.74. The first-order valence-corrected chi connectivity index (χ1v) is 7.90. The van der Waals surface area contributed by atoms with E-state index in [4.69, 9.17) is 10.9 Å². The highest BCUT2D eigenvalue weighted by Gasteiger charge is 2.49. The van der Waals surface area contributed by atoms with Crippen LogP contribution in [0.5, 0.6) is 0 Å². The van der Waals surface area contributed by atoms with Gasteiger partial charge >= 0.3 is 0 Å². The second-order valence-electron chi connectivity index (χ2n) is 4.92. The van der Waals surface area contributed by atoms with Gasteiger partial charge in [0.25, 0.3) is 0 Å². The molecule has 0 bridgehead atoms. The van der Waals surface area contributed by atoms with Crippen molar-refractivity contribution in [1.82, 2.24) is 15.0 Å². The summed E-state index contributed by atoms with van der Waals surface area (Å²) >= 11 is 0. The number of nitrogens with two attached hydrogens (primary N) is 2. The molecule has 22 heavy (non-hydrogen) atoms. The standard InChI is InChI=1S/C12H16N6O3S/c1-12(10-16-6-17-11(15-2)18-10)7(9(13)19)4-3-5-8(12)22(14,20)21/h3-6,8H,1-2H3,(H2,13,19)(H2,14,20,21)(H,15,16,17,18). The molecule has 2 unspecified atom stereocenters. The van der Waals surface area contributed by atoms with Gasteiger partial charge in [0.15, 0.2) is 0 Å². The number of allylic oxidation sites excluding steroid dienone is 2. The first-order valence-electron chi connectivity index (χ1n) is 6.29. The summed E-state index contributed by atoms with van der Waals surface area (Å²) in [5.74, 6) is -0.454. The molecule has 10 heteroatoms. The lowest BCUT2D eigenvalue weighted by molar-refractivity contribution is -0.115. The zero-order valence-corrected chi connectivity index (χ0v) is 12.8. The highest BCUT2D eigenvalue weighted by Crippen LogP contribution is 2.39. The third kappa shape index (κ3) is 2.57. The van der Waals surface area contributed by atoms with Crippen molar-refractivity contribution in [3.05, 3.63) is 36.0 Å². The average molecular weight is 324 g/mol. The molecule has 1 aromatic rings. The van der Waals surface area contributed by atoms with E-state index in [0.717, 1.165) is 0 Å². The summed E-state index contributed by atoms with van der Waals surface area (Å²) in [4.78, 5) is 23.8. The predicted molar refractivity (Wildman–Crippen MR) is 80.0 cm³/mol. The zero-order valence-electron chi connectivity index (χ0n) is 12.0. The van der Waals surface area contributed by atoms with Crippen molar-refractivity contribution in [2.24, 2.45) is 10.9 Å². The number of nitrogens with one attached hydrogen (secondary N) is 1. The Hall–Kier alpha value is -2.33. The van der Waals surface area contributed by atoms with Gasteiger partial charge in [-0.25, -0.2) is 23.5 Å². The molecule has 1 amide bonds. The molecule has 2 atom stereocenters. The molecule has 5 N–H and O–H groups in total. The van der Waals surface area contributed by atoms with Crippen LogP contribution in [0.2, 0.25) is 0 Å². The van der Waals surface area contributed by atoms with Gasteiger partial charge in [0.1, 0.15) is 17.4 Å². The number of sulfonamides is 1. The van der Waals surface area contributed by atoms with Gasteiger partial charge < -0.3 is 11.1 Å². The number of carbonyl (C=O) groups is 1. The number of amides is 1. The Kier molecular flexibility index (Phi) is 3.98. The second-order valence-corrected chi connectivity index (χ2v) is 6.61. The fraction of sp³-hybridized carbons (Fsp3) is 0.333. The largest absolute Gasteiger partial charge is 0.366 e. The van der Waals surface area contributed by atoms with E-state index in [-0.39, 0.29) is 17.3 Å². The van der Waals surface area contributed by atoms with Crippen LogP contribution >= 0.6 is 0 Å². The lowest BCUT2D eigenvalue weighted by Gasteiger charge is -2.36. The summed E-state index contributed by atoms with van der Waals surface area (Å²) in [6, 6.07) is 0. The second kappa shape index (κ2) is 5.46. The van der Waals surface area contributed by atoms with Crippen molar-refractivity contribution in [3.63, 3.8) is 0 Å². The molecule has 1 aromatic heterocycles. The van der Waals surface area contributed by atoms with Crippen LogP contribution in [0.3, 0.4) is 0 Å². The predicted octanol–water partition coefficient (Wildman–Crippen LogP) is -1.19. The summed E-state index contributed by atoms with van der Waals surface area (Å²) in [5, 5.41) is 6.81. The van der Waals surface area contributed by atoms with Gasteiger partial charge in [-0.1, -0.05) is 18.2 Å². The van der Waals surface area contributed by atoms with Gasteiger partial charge in [0.2, 0.25) is 21.9 Å². The minimum atomic E-state index is -4.02. The number of anilines is 1. The molecular weight excluding hydrogens is 308 g/mol. The fourth-order valence-corrected chi connectivity index (χ4v) is 3.66. The smallest absolute Gasteiger partial charge is 0.245 e. The highest BCUT2D eigenvalue weighted by molar-refractivity contribution is 7.90.